The second-order valence-electron chi connectivity index (χ2n) is 6.22. The highest BCUT2D eigenvalue weighted by Crippen LogP contribution is 2.24. The summed E-state index contributed by atoms with van der Waals surface area (Å²) in [4.78, 5) is 0. The zero-order chi connectivity index (χ0) is 15.3. The molecule has 0 amide bonds. The van der Waals surface area contributed by atoms with E-state index in [-0.39, 0.29) is 0 Å². The summed E-state index contributed by atoms with van der Waals surface area (Å²) >= 11 is 0. The van der Waals surface area contributed by atoms with Crippen LogP contribution in [0.25, 0.3) is 0 Å². The summed E-state index contributed by atoms with van der Waals surface area (Å²) in [7, 11) is -0.836. The van der Waals surface area contributed by atoms with Crippen molar-refractivity contribution in [2.24, 2.45) is 13.0 Å². The zero-order valence-corrected chi connectivity index (χ0v) is 13.9. The summed E-state index contributed by atoms with van der Waals surface area (Å²) < 4.78 is 25.0. The van der Waals surface area contributed by atoms with E-state index in [2.05, 4.69) is 23.5 Å². The molecule has 1 aliphatic heterocycles. The van der Waals surface area contributed by atoms with Crippen LogP contribution in [-0.4, -0.2) is 42.3 Å². The highest BCUT2D eigenvalue weighted by molar-refractivity contribution is 7.91. The van der Waals surface area contributed by atoms with E-state index >= 15 is 0 Å². The van der Waals surface area contributed by atoms with E-state index < -0.39 is 9.84 Å². The Morgan fingerprint density at radius 3 is 2.90 bits per heavy atom. The van der Waals surface area contributed by atoms with Gasteiger partial charge in [0, 0.05) is 19.3 Å². The maximum atomic E-state index is 11.6. The van der Waals surface area contributed by atoms with E-state index in [1.807, 2.05) is 17.9 Å². The molecule has 0 radical (unpaired) electrons. The van der Waals surface area contributed by atoms with Gasteiger partial charge in [0.1, 0.15) is 0 Å². The lowest BCUT2D eigenvalue weighted by Gasteiger charge is -2.21. The molecule has 0 spiro atoms. The first-order valence-corrected chi connectivity index (χ1v) is 9.72. The highest BCUT2D eigenvalue weighted by Gasteiger charge is 2.29. The van der Waals surface area contributed by atoms with Crippen molar-refractivity contribution in [2.75, 3.05) is 18.1 Å². The molecule has 0 aromatic carbocycles. The molecule has 1 fully saturated rings. The third kappa shape index (κ3) is 5.43. The van der Waals surface area contributed by atoms with Crippen molar-refractivity contribution in [2.45, 2.75) is 45.1 Å². The van der Waals surface area contributed by atoms with E-state index in [9.17, 15) is 8.42 Å². The average Bonchev–Trinajstić information content (AvgIpc) is 2.98. The van der Waals surface area contributed by atoms with Gasteiger partial charge >= 0.3 is 0 Å². The van der Waals surface area contributed by atoms with Crippen molar-refractivity contribution in [3.05, 3.63) is 18.0 Å². The molecule has 6 heteroatoms. The molecule has 2 rings (SSSR count). The van der Waals surface area contributed by atoms with E-state index in [1.165, 1.54) is 5.56 Å². The fourth-order valence-corrected chi connectivity index (χ4v) is 4.93. The minimum Gasteiger partial charge on any atom is -0.314 e. The number of rotatable bonds is 8. The average molecular weight is 313 g/mol. The molecule has 1 N–H and O–H groups in total. The smallest absolute Gasteiger partial charge is 0.150 e. The normalized spacial score (nSPS) is 22.5. The molecule has 0 aliphatic carbocycles. The Kier molecular flexibility index (Phi) is 5.81. The fourth-order valence-electron chi connectivity index (χ4n) is 3.05. The van der Waals surface area contributed by atoms with Gasteiger partial charge in [0.25, 0.3) is 0 Å². The molecule has 1 aromatic rings. The van der Waals surface area contributed by atoms with Gasteiger partial charge in [-0.15, -0.1) is 0 Å². The van der Waals surface area contributed by atoms with Crippen molar-refractivity contribution in [3.63, 3.8) is 0 Å². The Morgan fingerprint density at radius 1 is 1.52 bits per heavy atom. The summed E-state index contributed by atoms with van der Waals surface area (Å²) in [5.74, 6) is 1.09. The predicted molar refractivity (Wildman–Crippen MR) is 85.0 cm³/mol. The highest BCUT2D eigenvalue weighted by atomic mass is 32.2. The third-order valence-corrected chi connectivity index (χ3v) is 6.00. The second kappa shape index (κ2) is 7.40. The summed E-state index contributed by atoms with van der Waals surface area (Å²) in [5.41, 5.74) is 1.25. The van der Waals surface area contributed by atoms with Gasteiger partial charge in [-0.3, -0.25) is 4.68 Å². The molecule has 5 nitrogen and oxygen atoms in total. The standard InChI is InChI=1S/C15H27N3O2S/c1-3-7-16-15(5-4-14-10-17-18(2)11-14)9-13-6-8-21(19,20)12-13/h10-11,13,15-16H,3-9,12H2,1-2H3. The maximum Gasteiger partial charge on any atom is 0.150 e. The zero-order valence-electron chi connectivity index (χ0n) is 13.1. The third-order valence-electron chi connectivity index (χ3n) is 4.17. The Bertz CT molecular complexity index is 539. The van der Waals surface area contributed by atoms with Gasteiger partial charge in [0.2, 0.25) is 0 Å². The first-order chi connectivity index (χ1) is 9.98. The van der Waals surface area contributed by atoms with Gasteiger partial charge in [0.05, 0.1) is 17.7 Å². The van der Waals surface area contributed by atoms with Crippen LogP contribution in [0.2, 0.25) is 0 Å². The predicted octanol–water partition coefficient (Wildman–Crippen LogP) is 1.55. The van der Waals surface area contributed by atoms with Gasteiger partial charge in [-0.2, -0.15) is 5.10 Å². The topological polar surface area (TPSA) is 64.0 Å². The van der Waals surface area contributed by atoms with Crippen LogP contribution in [0, 0.1) is 5.92 Å². The Balaban J connectivity index is 1.85. The fraction of sp³-hybridized carbons (Fsp3) is 0.800. The lowest BCUT2D eigenvalue weighted by Crippen LogP contribution is -2.32. The van der Waals surface area contributed by atoms with E-state index in [0.29, 0.717) is 23.5 Å². The monoisotopic (exact) mass is 313 g/mol. The lowest BCUT2D eigenvalue weighted by atomic mass is 9.95. The molecule has 120 valence electrons. The maximum absolute atomic E-state index is 11.6. The first kappa shape index (κ1) is 16.5. The van der Waals surface area contributed by atoms with Crippen LogP contribution < -0.4 is 5.32 Å². The summed E-state index contributed by atoms with van der Waals surface area (Å²) in [6.07, 6.45) is 8.91. The van der Waals surface area contributed by atoms with Gasteiger partial charge in [-0.05, 0) is 50.1 Å². The molecular weight excluding hydrogens is 286 g/mol. The molecule has 1 aliphatic rings. The van der Waals surface area contributed by atoms with Gasteiger partial charge in [-0.25, -0.2) is 8.42 Å². The first-order valence-electron chi connectivity index (χ1n) is 7.90. The molecule has 21 heavy (non-hydrogen) atoms. The lowest BCUT2D eigenvalue weighted by molar-refractivity contribution is 0.387. The molecule has 1 aromatic heterocycles. The summed E-state index contributed by atoms with van der Waals surface area (Å²) in [5, 5.41) is 7.77. The van der Waals surface area contributed by atoms with Crippen LogP contribution in [0.5, 0.6) is 0 Å². The number of aromatic nitrogens is 2. The second-order valence-corrected chi connectivity index (χ2v) is 8.45. The van der Waals surface area contributed by atoms with Crippen LogP contribution in [0.3, 0.4) is 0 Å². The van der Waals surface area contributed by atoms with Crippen molar-refractivity contribution < 1.29 is 8.42 Å². The van der Waals surface area contributed by atoms with Crippen molar-refractivity contribution in [1.29, 1.82) is 0 Å². The number of sulfone groups is 1. The van der Waals surface area contributed by atoms with Crippen LogP contribution in [0.15, 0.2) is 12.4 Å². The van der Waals surface area contributed by atoms with E-state index in [4.69, 9.17) is 0 Å². The van der Waals surface area contributed by atoms with Crippen molar-refractivity contribution in [3.8, 4) is 0 Å². The largest absolute Gasteiger partial charge is 0.314 e. The van der Waals surface area contributed by atoms with Gasteiger partial charge in [-0.1, -0.05) is 6.92 Å². The Hall–Kier alpha value is -0.880. The van der Waals surface area contributed by atoms with Crippen LogP contribution in [0.4, 0.5) is 0 Å². The van der Waals surface area contributed by atoms with Crippen LogP contribution in [-0.2, 0) is 23.3 Å². The number of aryl methyl sites for hydroxylation is 2. The summed E-state index contributed by atoms with van der Waals surface area (Å²) in [6.45, 7) is 3.16. The SMILES string of the molecule is CCCNC(CCc1cnn(C)c1)CC1CCS(=O)(=O)C1. The Morgan fingerprint density at radius 2 is 2.33 bits per heavy atom. The quantitative estimate of drug-likeness (QED) is 0.791. The van der Waals surface area contributed by atoms with Crippen LogP contribution in [0.1, 0.15) is 38.2 Å². The molecule has 2 heterocycles. The molecule has 2 atom stereocenters. The van der Waals surface area contributed by atoms with Crippen LogP contribution >= 0.6 is 0 Å². The minimum absolute atomic E-state index is 0.332. The molecule has 0 saturated carbocycles. The number of nitrogens with zero attached hydrogens (tertiary/aromatic N) is 2. The minimum atomic E-state index is -2.77. The van der Waals surface area contributed by atoms with Crippen molar-refractivity contribution >= 4 is 9.84 Å². The molecule has 2 unspecified atom stereocenters. The molecule has 0 bridgehead atoms. The van der Waals surface area contributed by atoms with E-state index in [1.54, 1.807) is 0 Å². The number of hydrogen-bond donors (Lipinski definition) is 1. The van der Waals surface area contributed by atoms with Gasteiger partial charge in [0.15, 0.2) is 9.84 Å². The van der Waals surface area contributed by atoms with E-state index in [0.717, 1.165) is 38.6 Å². The molecular formula is C15H27N3O2S. The Labute approximate surface area is 128 Å². The van der Waals surface area contributed by atoms with Crippen molar-refractivity contribution in [1.82, 2.24) is 15.1 Å². The molecule has 1 saturated heterocycles. The number of nitrogens with one attached hydrogen (secondary N) is 1. The summed E-state index contributed by atoms with van der Waals surface area (Å²) in [6, 6.07) is 0.406. The number of hydrogen-bond acceptors (Lipinski definition) is 4. The van der Waals surface area contributed by atoms with Gasteiger partial charge < -0.3 is 5.32 Å².